The van der Waals surface area contributed by atoms with Crippen molar-refractivity contribution < 1.29 is 42.1 Å². The predicted molar refractivity (Wildman–Crippen MR) is 426 cm³/mol. The molecule has 0 aliphatic heterocycles. The molecule has 0 bridgehead atoms. The largest absolute Gasteiger partial charge is 0.472 e. The van der Waals surface area contributed by atoms with E-state index in [0.717, 1.165) is 154 Å². The van der Waals surface area contributed by atoms with Crippen molar-refractivity contribution in [1.29, 1.82) is 0 Å². The molecule has 0 saturated heterocycles. The zero-order valence-corrected chi connectivity index (χ0v) is 63.6. The molecule has 0 saturated carbocycles. The minimum absolute atomic E-state index is 0.0139. The molecule has 2 atom stereocenters. The van der Waals surface area contributed by atoms with Crippen molar-refractivity contribution in [2.24, 2.45) is 0 Å². The van der Waals surface area contributed by atoms with E-state index < -0.39 is 26.5 Å². The second kappa shape index (κ2) is 75.5. The lowest BCUT2D eigenvalue weighted by Crippen LogP contribution is -2.37. The molecule has 0 aromatic heterocycles. The van der Waals surface area contributed by atoms with Gasteiger partial charge in [0.05, 0.1) is 27.7 Å². The van der Waals surface area contributed by atoms with E-state index in [1.54, 1.807) is 0 Å². The molecule has 1 N–H and O–H groups in total. The molecular weight excluding hydrogens is 1230 g/mol. The fourth-order valence-corrected chi connectivity index (χ4v) is 10.4. The summed E-state index contributed by atoms with van der Waals surface area (Å²) in [5.74, 6) is -0.848. The van der Waals surface area contributed by atoms with E-state index in [4.69, 9.17) is 18.5 Å². The van der Waals surface area contributed by atoms with Gasteiger partial charge in [0.2, 0.25) is 0 Å². The third-order valence-electron chi connectivity index (χ3n) is 15.5. The van der Waals surface area contributed by atoms with Crippen molar-refractivity contribution in [3.63, 3.8) is 0 Å². The summed E-state index contributed by atoms with van der Waals surface area (Å²) in [6.45, 7) is 4.15. The number of quaternary nitrogens is 1. The highest BCUT2D eigenvalue weighted by molar-refractivity contribution is 7.47. The second-order valence-electron chi connectivity index (χ2n) is 25.9. The summed E-state index contributed by atoms with van der Waals surface area (Å²) in [4.78, 5) is 35.9. The van der Waals surface area contributed by atoms with E-state index in [9.17, 15) is 19.0 Å². The summed E-state index contributed by atoms with van der Waals surface area (Å²) >= 11 is 0. The van der Waals surface area contributed by atoms with Crippen LogP contribution in [0, 0.1) is 0 Å². The molecule has 0 aromatic carbocycles. The smallest absolute Gasteiger partial charge is 0.462 e. The van der Waals surface area contributed by atoms with Crippen molar-refractivity contribution >= 4 is 19.8 Å². The van der Waals surface area contributed by atoms with Gasteiger partial charge in [0.1, 0.15) is 19.8 Å². The topological polar surface area (TPSA) is 108 Å². The zero-order valence-electron chi connectivity index (χ0n) is 62.7. The van der Waals surface area contributed by atoms with E-state index in [-0.39, 0.29) is 32.0 Å². The molecule has 0 spiro atoms. The van der Waals surface area contributed by atoms with Gasteiger partial charge in [-0.2, -0.15) is 0 Å². The second-order valence-corrected chi connectivity index (χ2v) is 27.4. The fraction of sp³-hybridized carbons (Fsp3) is 0.568. The normalized spacial score (nSPS) is 14.3. The number of esters is 2. The lowest BCUT2D eigenvalue weighted by molar-refractivity contribution is -0.870. The van der Waals surface area contributed by atoms with Crippen LogP contribution >= 0.6 is 7.82 Å². The number of hydrogen-bond acceptors (Lipinski definition) is 7. The Morgan fingerprint density at radius 2 is 0.551 bits per heavy atom. The van der Waals surface area contributed by atoms with Crippen LogP contribution in [0.1, 0.15) is 271 Å². The molecule has 0 aliphatic rings. The first-order chi connectivity index (χ1) is 48.0. The summed E-state index contributed by atoms with van der Waals surface area (Å²) in [6, 6.07) is 0. The first-order valence-corrected chi connectivity index (χ1v) is 40.0. The van der Waals surface area contributed by atoms with Crippen LogP contribution < -0.4 is 0 Å². The van der Waals surface area contributed by atoms with Crippen LogP contribution in [0.25, 0.3) is 0 Å². The number of carbonyl (C=O) groups is 2. The Kier molecular flexibility index (Phi) is 71.2. The van der Waals surface area contributed by atoms with E-state index in [0.29, 0.717) is 17.4 Å². The van der Waals surface area contributed by atoms with Crippen molar-refractivity contribution in [1.82, 2.24) is 0 Å². The number of phosphoric acid groups is 1. The molecule has 0 rings (SSSR count). The molecule has 0 amide bonds. The minimum atomic E-state index is -4.42. The molecule has 10 heteroatoms. The summed E-state index contributed by atoms with van der Waals surface area (Å²) in [5.41, 5.74) is 0. The summed E-state index contributed by atoms with van der Waals surface area (Å²) in [5, 5.41) is 0. The van der Waals surface area contributed by atoms with Crippen molar-refractivity contribution in [3.8, 4) is 0 Å². The maximum Gasteiger partial charge on any atom is 0.472 e. The monoisotopic (exact) mass is 1370 g/mol. The quantitative estimate of drug-likeness (QED) is 0.0211. The Labute approximate surface area is 601 Å². The molecular formula is C88H141NO8P+. The van der Waals surface area contributed by atoms with Gasteiger partial charge < -0.3 is 18.9 Å². The van der Waals surface area contributed by atoms with Crippen LogP contribution in [0.15, 0.2) is 219 Å². The van der Waals surface area contributed by atoms with Gasteiger partial charge in [-0.05, 0) is 154 Å². The van der Waals surface area contributed by atoms with Crippen LogP contribution in [0.3, 0.4) is 0 Å². The lowest BCUT2D eigenvalue weighted by atomic mass is 10.0. The average molecular weight is 1370 g/mol. The zero-order chi connectivity index (χ0) is 71.1. The van der Waals surface area contributed by atoms with Crippen LogP contribution in [-0.2, 0) is 32.7 Å². The summed E-state index contributed by atoms with van der Waals surface area (Å²) in [6.07, 6.45) is 121. The standard InChI is InChI=1S/C88H140NO8P/c1-6-8-10-12-14-16-18-20-22-24-26-28-30-32-34-36-38-40-42-44-46-48-50-52-54-56-58-60-62-64-66-68-70-72-74-76-78-80-87(90)94-84-86(85-96-98(92,93)95-83-82-89(3,4)5)97-88(91)81-79-77-75-73-71-69-67-65-63-61-59-57-55-53-51-49-47-45-43-41-39-37-35-33-31-29-27-25-23-21-19-17-15-13-11-9-7-2/h8-11,14-17,20-23,26-29,32-35,38-41,44-47,51,53,57,59,63,65,69,71,86H,6-7,12-13,18-19,24-25,30-31,36-37,42-43,48-50,52,54-56,58,60-62,64,66-68,70,72-85H2,1-5H3/p+1/b10-8-,11-9-,16-14-,17-15-,22-20-,23-21-,28-26-,29-27-,34-32-,35-33-,40-38-,41-39-,46-44-,47-45-,53-51-,59-57-,65-63-,71-69-. The van der Waals surface area contributed by atoms with Crippen molar-refractivity contribution in [2.45, 2.75) is 277 Å². The Balaban J connectivity index is 4.15. The Morgan fingerprint density at radius 3 is 0.827 bits per heavy atom. The summed E-state index contributed by atoms with van der Waals surface area (Å²) < 4.78 is 34.7. The van der Waals surface area contributed by atoms with E-state index >= 15 is 0 Å². The highest BCUT2D eigenvalue weighted by Gasteiger charge is 2.27. The average Bonchev–Trinajstić information content (AvgIpc) is 1.08. The number of unbranched alkanes of at least 4 members (excludes halogenated alkanes) is 18. The van der Waals surface area contributed by atoms with Gasteiger partial charge in [-0.25, -0.2) is 4.57 Å². The Bertz CT molecular complexity index is 2460. The maximum absolute atomic E-state index is 12.9. The molecule has 2 unspecified atom stereocenters. The number of ether oxygens (including phenoxy) is 2. The van der Waals surface area contributed by atoms with Crippen molar-refractivity contribution in [3.05, 3.63) is 219 Å². The number of hydrogen-bond donors (Lipinski definition) is 1. The number of allylic oxidation sites excluding steroid dienone is 36. The van der Waals surface area contributed by atoms with Crippen LogP contribution in [0.2, 0.25) is 0 Å². The molecule has 0 radical (unpaired) electrons. The van der Waals surface area contributed by atoms with Gasteiger partial charge in [-0.1, -0.05) is 322 Å². The van der Waals surface area contributed by atoms with E-state index in [1.165, 1.54) is 83.5 Å². The Hall–Kier alpha value is -5.67. The van der Waals surface area contributed by atoms with Gasteiger partial charge in [-0.3, -0.25) is 18.6 Å². The molecule has 9 nitrogen and oxygen atoms in total. The van der Waals surface area contributed by atoms with Gasteiger partial charge >= 0.3 is 19.8 Å². The highest BCUT2D eigenvalue weighted by atomic mass is 31.2. The van der Waals surface area contributed by atoms with Gasteiger partial charge in [0, 0.05) is 12.8 Å². The first-order valence-electron chi connectivity index (χ1n) is 38.5. The van der Waals surface area contributed by atoms with Crippen LogP contribution in [0.4, 0.5) is 0 Å². The number of carbonyl (C=O) groups excluding carboxylic acids is 2. The maximum atomic E-state index is 12.9. The van der Waals surface area contributed by atoms with Gasteiger partial charge in [0.25, 0.3) is 0 Å². The van der Waals surface area contributed by atoms with Crippen molar-refractivity contribution in [2.75, 3.05) is 47.5 Å². The molecule has 550 valence electrons. The third-order valence-corrected chi connectivity index (χ3v) is 16.5. The van der Waals surface area contributed by atoms with Crippen LogP contribution in [0.5, 0.6) is 0 Å². The number of likely N-dealkylation sites (N-methyl/N-ethyl adjacent to an activating group) is 1. The third kappa shape index (κ3) is 79.3. The van der Waals surface area contributed by atoms with Gasteiger partial charge in [0.15, 0.2) is 6.10 Å². The molecule has 0 aromatic rings. The summed E-state index contributed by atoms with van der Waals surface area (Å²) in [7, 11) is 1.43. The predicted octanol–water partition coefficient (Wildman–Crippen LogP) is 25.9. The highest BCUT2D eigenvalue weighted by Crippen LogP contribution is 2.43. The molecule has 0 aliphatic carbocycles. The number of rotatable bonds is 68. The molecule has 0 fully saturated rings. The SMILES string of the molecule is CC/C=C\C/C=C\C/C=C\C/C=C\C/C=C\C/C=C\C/C=C\C/C=C\C/C=C\C/C=C\C/C=C\CCCCCC(=O)OC(COC(=O)CCCCCCCCCCCCCCCCC/C=C\C/C=C\C/C=C\C/C=C\C/C=C\C/C=C\C/C=C\CC)COP(=O)(O)OCC[N+](C)(C)C. The van der Waals surface area contributed by atoms with E-state index in [1.807, 2.05) is 21.1 Å². The lowest BCUT2D eigenvalue weighted by Gasteiger charge is -2.24. The number of phosphoric ester groups is 1. The van der Waals surface area contributed by atoms with E-state index in [2.05, 4.69) is 233 Å². The van der Waals surface area contributed by atoms with Gasteiger partial charge in [-0.15, -0.1) is 0 Å². The first kappa shape index (κ1) is 92.3. The Morgan fingerprint density at radius 1 is 0.316 bits per heavy atom. The molecule has 98 heavy (non-hydrogen) atoms. The number of nitrogens with zero attached hydrogens (tertiary/aromatic N) is 1. The van der Waals surface area contributed by atoms with Crippen LogP contribution in [-0.4, -0.2) is 74.9 Å². The minimum Gasteiger partial charge on any atom is -0.462 e. The fourth-order valence-electron chi connectivity index (χ4n) is 9.71. The molecule has 0 heterocycles.